The van der Waals surface area contributed by atoms with E-state index in [2.05, 4.69) is 0 Å². The van der Waals surface area contributed by atoms with Crippen molar-refractivity contribution >= 4 is 0 Å². The van der Waals surface area contributed by atoms with Crippen LogP contribution in [0.4, 0.5) is 13.2 Å². The van der Waals surface area contributed by atoms with Crippen molar-refractivity contribution in [2.75, 3.05) is 0 Å². The van der Waals surface area contributed by atoms with Gasteiger partial charge in [-0.2, -0.15) is 0 Å². The number of rotatable bonds is 7. The van der Waals surface area contributed by atoms with Gasteiger partial charge < -0.3 is 14.9 Å². The van der Waals surface area contributed by atoms with E-state index in [1.165, 1.54) is 18.2 Å². The third-order valence-electron chi connectivity index (χ3n) is 5.69. The fraction of sp³-hybridized carbons (Fsp3) is 0.478. The summed E-state index contributed by atoms with van der Waals surface area (Å²) in [5, 5.41) is 19.3. The molecule has 3 nitrogen and oxygen atoms in total. The van der Waals surface area contributed by atoms with Gasteiger partial charge in [0.25, 0.3) is 0 Å². The summed E-state index contributed by atoms with van der Waals surface area (Å²) in [4.78, 5) is 0. The van der Waals surface area contributed by atoms with Crippen LogP contribution in [0.3, 0.4) is 0 Å². The molecule has 6 heteroatoms. The van der Waals surface area contributed by atoms with Crippen molar-refractivity contribution in [3.63, 3.8) is 0 Å². The Labute approximate surface area is 169 Å². The topological polar surface area (TPSA) is 49.7 Å². The Hall–Kier alpha value is -2.05. The lowest BCUT2D eigenvalue weighted by Crippen LogP contribution is -2.21. The van der Waals surface area contributed by atoms with Crippen LogP contribution >= 0.6 is 0 Å². The minimum Gasteiger partial charge on any atom is -0.508 e. The minimum absolute atomic E-state index is 0.0236. The Morgan fingerprint density at radius 3 is 2.41 bits per heavy atom. The molecule has 1 atom stereocenters. The molecule has 0 bridgehead atoms. The molecule has 1 aliphatic carbocycles. The van der Waals surface area contributed by atoms with E-state index in [1.54, 1.807) is 6.07 Å². The molecular weight excluding hydrogens is 381 g/mol. The summed E-state index contributed by atoms with van der Waals surface area (Å²) < 4.78 is 48.4. The van der Waals surface area contributed by atoms with E-state index in [4.69, 9.17) is 4.74 Å². The van der Waals surface area contributed by atoms with E-state index in [-0.39, 0.29) is 35.5 Å². The highest BCUT2D eigenvalue weighted by atomic mass is 19.2. The molecule has 0 saturated heterocycles. The molecule has 2 aromatic rings. The molecule has 1 unspecified atom stereocenters. The summed E-state index contributed by atoms with van der Waals surface area (Å²) >= 11 is 0. The molecule has 158 valence electrons. The van der Waals surface area contributed by atoms with Crippen molar-refractivity contribution in [2.24, 2.45) is 0 Å². The average molecular weight is 408 g/mol. The molecule has 2 aromatic carbocycles. The SMILES string of the molecule is CCCC(O)c1ccc(COC2CCC(c3ccc(O)cc3F)CC2)c(F)c1F. The second kappa shape index (κ2) is 9.63. The Kier molecular flexibility index (Phi) is 7.19. The molecule has 0 aliphatic heterocycles. The van der Waals surface area contributed by atoms with Crippen molar-refractivity contribution in [1.82, 2.24) is 0 Å². The molecule has 0 spiro atoms. The molecule has 29 heavy (non-hydrogen) atoms. The quantitative estimate of drug-likeness (QED) is 0.601. The Morgan fingerprint density at radius 2 is 1.76 bits per heavy atom. The number of aliphatic hydroxyl groups is 1. The maximum atomic E-state index is 14.3. The number of halogens is 3. The molecule has 3 rings (SSSR count). The van der Waals surface area contributed by atoms with Crippen molar-refractivity contribution in [1.29, 1.82) is 0 Å². The lowest BCUT2D eigenvalue weighted by atomic mass is 9.82. The van der Waals surface area contributed by atoms with Crippen molar-refractivity contribution < 1.29 is 28.1 Å². The standard InChI is InChI=1S/C23H27F3O3/c1-2-3-21(28)19-10-6-15(22(25)23(19)26)13-29-17-8-4-14(5-9-17)18-11-7-16(27)12-20(18)24/h6-7,10-12,14,17,21,27-28H,2-5,8-9,13H2,1H3. The first-order valence-electron chi connectivity index (χ1n) is 10.2. The Bertz CT molecular complexity index is 832. The zero-order valence-electron chi connectivity index (χ0n) is 16.5. The largest absolute Gasteiger partial charge is 0.508 e. The number of hydrogen-bond donors (Lipinski definition) is 2. The van der Waals surface area contributed by atoms with Gasteiger partial charge in [0.1, 0.15) is 11.6 Å². The third kappa shape index (κ3) is 5.11. The Morgan fingerprint density at radius 1 is 1.03 bits per heavy atom. The first kappa shape index (κ1) is 21.7. The van der Waals surface area contributed by atoms with E-state index in [0.717, 1.165) is 18.9 Å². The smallest absolute Gasteiger partial charge is 0.164 e. The third-order valence-corrected chi connectivity index (χ3v) is 5.69. The van der Waals surface area contributed by atoms with E-state index in [0.29, 0.717) is 31.2 Å². The highest BCUT2D eigenvalue weighted by Crippen LogP contribution is 2.36. The summed E-state index contributed by atoms with van der Waals surface area (Å²) in [5.74, 6) is -2.43. The first-order valence-corrected chi connectivity index (χ1v) is 10.2. The monoisotopic (exact) mass is 408 g/mol. The zero-order chi connectivity index (χ0) is 21.0. The van der Waals surface area contributed by atoms with Gasteiger partial charge in [0, 0.05) is 17.2 Å². The second-order valence-corrected chi connectivity index (χ2v) is 7.74. The summed E-state index contributed by atoms with van der Waals surface area (Å²) in [6.45, 7) is 1.82. The molecule has 2 N–H and O–H groups in total. The number of benzene rings is 2. The van der Waals surface area contributed by atoms with E-state index < -0.39 is 23.6 Å². The summed E-state index contributed by atoms with van der Waals surface area (Å²) in [6, 6.07) is 7.10. The summed E-state index contributed by atoms with van der Waals surface area (Å²) in [7, 11) is 0. The maximum Gasteiger partial charge on any atom is 0.164 e. The van der Waals surface area contributed by atoms with Gasteiger partial charge in [-0.3, -0.25) is 0 Å². The molecule has 0 radical (unpaired) electrons. The lowest BCUT2D eigenvalue weighted by Gasteiger charge is -2.29. The molecular formula is C23H27F3O3. The predicted octanol–water partition coefficient (Wildman–Crippen LogP) is 5.89. The van der Waals surface area contributed by atoms with Gasteiger partial charge >= 0.3 is 0 Å². The van der Waals surface area contributed by atoms with Crippen LogP contribution in [0.1, 0.15) is 74.2 Å². The predicted molar refractivity (Wildman–Crippen MR) is 104 cm³/mol. The fourth-order valence-corrected chi connectivity index (χ4v) is 4.00. The van der Waals surface area contributed by atoms with Gasteiger partial charge in [0.05, 0.1) is 18.8 Å². The number of ether oxygens (including phenoxy) is 1. The van der Waals surface area contributed by atoms with Gasteiger partial charge in [-0.15, -0.1) is 0 Å². The highest BCUT2D eigenvalue weighted by molar-refractivity contribution is 5.30. The molecule has 0 heterocycles. The van der Waals surface area contributed by atoms with Crippen LogP contribution in [-0.4, -0.2) is 16.3 Å². The minimum atomic E-state index is -1.02. The number of hydrogen-bond acceptors (Lipinski definition) is 3. The Balaban J connectivity index is 1.56. The second-order valence-electron chi connectivity index (χ2n) is 7.74. The van der Waals surface area contributed by atoms with Gasteiger partial charge in [-0.25, -0.2) is 13.2 Å². The van der Waals surface area contributed by atoms with Crippen molar-refractivity contribution in [2.45, 2.75) is 70.2 Å². The lowest BCUT2D eigenvalue weighted by molar-refractivity contribution is 0.0116. The zero-order valence-corrected chi connectivity index (χ0v) is 16.5. The molecule has 1 saturated carbocycles. The van der Waals surface area contributed by atoms with E-state index in [9.17, 15) is 23.4 Å². The van der Waals surface area contributed by atoms with Crippen LogP contribution in [0.2, 0.25) is 0 Å². The first-order chi connectivity index (χ1) is 13.9. The van der Waals surface area contributed by atoms with Crippen LogP contribution in [0.15, 0.2) is 30.3 Å². The maximum absolute atomic E-state index is 14.3. The molecule has 1 aliphatic rings. The molecule has 1 fully saturated rings. The summed E-state index contributed by atoms with van der Waals surface area (Å²) in [5.41, 5.74) is 0.696. The van der Waals surface area contributed by atoms with E-state index >= 15 is 0 Å². The van der Waals surface area contributed by atoms with Crippen LogP contribution in [-0.2, 0) is 11.3 Å². The van der Waals surface area contributed by atoms with Crippen molar-refractivity contribution in [3.05, 3.63) is 64.5 Å². The number of aliphatic hydroxyl groups excluding tert-OH is 1. The highest BCUT2D eigenvalue weighted by Gasteiger charge is 2.26. The van der Waals surface area contributed by atoms with Crippen LogP contribution in [0.25, 0.3) is 0 Å². The number of phenolic OH excluding ortho intramolecular Hbond substituents is 1. The summed E-state index contributed by atoms with van der Waals surface area (Å²) in [6.07, 6.45) is 2.78. The van der Waals surface area contributed by atoms with Gasteiger partial charge in [0.2, 0.25) is 0 Å². The van der Waals surface area contributed by atoms with E-state index in [1.807, 2.05) is 6.92 Å². The van der Waals surface area contributed by atoms with Gasteiger partial charge in [0.15, 0.2) is 11.6 Å². The normalized spacial score (nSPS) is 20.6. The van der Waals surface area contributed by atoms with Crippen LogP contribution in [0, 0.1) is 17.5 Å². The van der Waals surface area contributed by atoms with Gasteiger partial charge in [-0.05, 0) is 49.7 Å². The molecule has 0 aromatic heterocycles. The number of aromatic hydroxyl groups is 1. The number of phenols is 1. The fourth-order valence-electron chi connectivity index (χ4n) is 4.00. The van der Waals surface area contributed by atoms with Crippen LogP contribution < -0.4 is 0 Å². The van der Waals surface area contributed by atoms with Crippen molar-refractivity contribution in [3.8, 4) is 5.75 Å². The molecule has 0 amide bonds. The average Bonchev–Trinajstić information content (AvgIpc) is 2.70. The van der Waals surface area contributed by atoms with Gasteiger partial charge in [-0.1, -0.05) is 31.5 Å². The van der Waals surface area contributed by atoms with Crippen LogP contribution in [0.5, 0.6) is 5.75 Å².